The van der Waals surface area contributed by atoms with Crippen molar-refractivity contribution in [2.45, 2.75) is 57.2 Å². The Balaban J connectivity index is 1.35. The molecule has 3 aliphatic rings. The minimum absolute atomic E-state index is 0.0116. The zero-order valence-electron chi connectivity index (χ0n) is 26.6. The quantitative estimate of drug-likeness (QED) is 0.442. The first kappa shape index (κ1) is 31.8. The zero-order valence-corrected chi connectivity index (χ0v) is 26.6. The van der Waals surface area contributed by atoms with Crippen LogP contribution in [0.15, 0.2) is 18.2 Å². The number of methoxy groups -OCH3 is 2. The Morgan fingerprint density at radius 2 is 1.57 bits per heavy atom. The predicted molar refractivity (Wildman–Crippen MR) is 166 cm³/mol. The maximum Gasteiger partial charge on any atom is 0.271 e. The summed E-state index contributed by atoms with van der Waals surface area (Å²) in [6.45, 7) is 4.10. The van der Waals surface area contributed by atoms with Gasteiger partial charge in [0.15, 0.2) is 0 Å². The predicted octanol–water partition coefficient (Wildman–Crippen LogP) is 1.62. The van der Waals surface area contributed by atoms with Gasteiger partial charge in [-0.05, 0) is 44.9 Å². The minimum Gasteiger partial charge on any atom is -0.497 e. The third kappa shape index (κ3) is 6.14. The number of likely N-dealkylation sites (tertiary alicyclic amines) is 1. The average Bonchev–Trinajstić information content (AvgIpc) is 3.33. The molecule has 1 aromatic heterocycles. The Hall–Kier alpha value is -3.64. The van der Waals surface area contributed by atoms with Gasteiger partial charge in [-0.1, -0.05) is 19.3 Å². The summed E-state index contributed by atoms with van der Waals surface area (Å²) < 4.78 is 12.6. The normalized spacial score (nSPS) is 19.4. The van der Waals surface area contributed by atoms with Gasteiger partial charge in [0, 0.05) is 64.9 Å². The number of nitrogens with zero attached hydrogens (tertiary/aromatic N) is 4. The smallest absolute Gasteiger partial charge is 0.271 e. The topological polar surface area (TPSA) is 125 Å². The van der Waals surface area contributed by atoms with E-state index in [2.05, 4.69) is 10.6 Å². The van der Waals surface area contributed by atoms with Gasteiger partial charge < -0.3 is 39.4 Å². The molecule has 0 radical (unpaired) electrons. The molecule has 1 aliphatic carbocycles. The molecule has 0 bridgehead atoms. The lowest BCUT2D eigenvalue weighted by molar-refractivity contribution is -0.140. The van der Waals surface area contributed by atoms with Crippen LogP contribution in [0, 0.1) is 5.92 Å². The van der Waals surface area contributed by atoms with E-state index >= 15 is 0 Å². The maximum absolute atomic E-state index is 14.1. The number of piperazine rings is 1. The maximum atomic E-state index is 14.1. The molecule has 1 aromatic carbocycles. The lowest BCUT2D eigenvalue weighted by Gasteiger charge is -2.39. The third-order valence-electron chi connectivity index (χ3n) is 9.68. The highest BCUT2D eigenvalue weighted by Crippen LogP contribution is 2.32. The van der Waals surface area contributed by atoms with Crippen LogP contribution < -0.4 is 15.4 Å². The lowest BCUT2D eigenvalue weighted by Crippen LogP contribution is -2.59. The molecule has 1 saturated carbocycles. The van der Waals surface area contributed by atoms with Gasteiger partial charge in [-0.25, -0.2) is 0 Å². The number of hydrogen-bond acceptors (Lipinski definition) is 7. The number of benzene rings is 1. The van der Waals surface area contributed by atoms with Crippen molar-refractivity contribution in [1.82, 2.24) is 29.9 Å². The highest BCUT2D eigenvalue weighted by atomic mass is 16.5. The number of fused-ring (bicyclic) bond motifs is 1. The van der Waals surface area contributed by atoms with Gasteiger partial charge in [-0.15, -0.1) is 0 Å². The van der Waals surface area contributed by atoms with Crippen molar-refractivity contribution in [2.24, 2.45) is 13.0 Å². The zero-order chi connectivity index (χ0) is 31.5. The van der Waals surface area contributed by atoms with Crippen LogP contribution in [-0.2, 0) is 21.4 Å². The first-order valence-electron chi connectivity index (χ1n) is 15.7. The molecule has 3 fully saturated rings. The molecule has 2 aliphatic heterocycles. The van der Waals surface area contributed by atoms with E-state index in [1.165, 1.54) is 0 Å². The molecule has 12 nitrogen and oxygen atoms in total. The lowest BCUT2D eigenvalue weighted by atomic mass is 9.83. The fourth-order valence-corrected chi connectivity index (χ4v) is 6.66. The van der Waals surface area contributed by atoms with E-state index in [1.807, 2.05) is 12.1 Å². The van der Waals surface area contributed by atoms with Crippen molar-refractivity contribution in [1.29, 1.82) is 0 Å². The van der Waals surface area contributed by atoms with Gasteiger partial charge in [0.25, 0.3) is 11.8 Å². The van der Waals surface area contributed by atoms with Crippen LogP contribution in [0.25, 0.3) is 10.9 Å². The van der Waals surface area contributed by atoms with Crippen LogP contribution in [0.4, 0.5) is 0 Å². The number of rotatable bonds is 9. The summed E-state index contributed by atoms with van der Waals surface area (Å²) >= 11 is 0. The van der Waals surface area contributed by atoms with E-state index in [-0.39, 0.29) is 35.7 Å². The van der Waals surface area contributed by atoms with Crippen molar-refractivity contribution < 1.29 is 28.7 Å². The number of likely N-dealkylation sites (N-methyl/N-ethyl adjacent to an activating group) is 1. The number of carbonyl (C=O) groups excluding carboxylic acids is 4. The second-order valence-corrected chi connectivity index (χ2v) is 12.2. The minimum atomic E-state index is -0.578. The number of nitrogens with one attached hydrogen (secondary N) is 2. The van der Waals surface area contributed by atoms with Gasteiger partial charge in [0.2, 0.25) is 11.8 Å². The summed E-state index contributed by atoms with van der Waals surface area (Å²) in [5.74, 6) is 0.0161. The molecular formula is C32H46N6O6. The molecular weight excluding hydrogens is 564 g/mol. The van der Waals surface area contributed by atoms with Crippen LogP contribution in [0.5, 0.6) is 5.75 Å². The SMILES string of the molecule is CN[C@@H](C)C(=O)NC(C(=O)N1CCN(C(=O)c2c(C(=O)N3CC(OC)C3)c3ccc(OC)cc3n2C)CC1)C1CCCCC1. The first-order chi connectivity index (χ1) is 21.2. The second-order valence-electron chi connectivity index (χ2n) is 12.2. The fraction of sp³-hybridized carbons (Fsp3) is 0.625. The Kier molecular flexibility index (Phi) is 9.79. The molecule has 1 unspecified atom stereocenters. The first-order valence-corrected chi connectivity index (χ1v) is 15.7. The number of carbonyl (C=O) groups is 4. The molecule has 4 amide bonds. The van der Waals surface area contributed by atoms with E-state index < -0.39 is 12.1 Å². The van der Waals surface area contributed by atoms with Crippen molar-refractivity contribution in [3.63, 3.8) is 0 Å². The molecule has 2 N–H and O–H groups in total. The van der Waals surface area contributed by atoms with Crippen molar-refractivity contribution in [2.75, 3.05) is 60.5 Å². The van der Waals surface area contributed by atoms with E-state index in [4.69, 9.17) is 9.47 Å². The number of hydrogen-bond donors (Lipinski definition) is 2. The fourth-order valence-electron chi connectivity index (χ4n) is 6.66. The number of amides is 4. The second kappa shape index (κ2) is 13.6. The summed E-state index contributed by atoms with van der Waals surface area (Å²) in [5.41, 5.74) is 1.43. The highest BCUT2D eigenvalue weighted by molar-refractivity contribution is 6.16. The summed E-state index contributed by atoms with van der Waals surface area (Å²) in [6.07, 6.45) is 5.06. The third-order valence-corrected chi connectivity index (χ3v) is 9.68. The Morgan fingerprint density at radius 3 is 2.18 bits per heavy atom. The van der Waals surface area contributed by atoms with Crippen LogP contribution in [0.1, 0.15) is 59.9 Å². The Morgan fingerprint density at radius 1 is 0.909 bits per heavy atom. The summed E-state index contributed by atoms with van der Waals surface area (Å²) in [4.78, 5) is 59.8. The van der Waals surface area contributed by atoms with Crippen molar-refractivity contribution in [3.05, 3.63) is 29.5 Å². The van der Waals surface area contributed by atoms with Crippen LogP contribution in [-0.4, -0.2) is 122 Å². The van der Waals surface area contributed by atoms with E-state index in [9.17, 15) is 19.2 Å². The van der Waals surface area contributed by atoms with Gasteiger partial charge in [0.1, 0.15) is 17.5 Å². The van der Waals surface area contributed by atoms with Crippen LogP contribution >= 0.6 is 0 Å². The molecule has 0 spiro atoms. The van der Waals surface area contributed by atoms with Crippen LogP contribution in [0.2, 0.25) is 0 Å². The highest BCUT2D eigenvalue weighted by Gasteiger charge is 2.39. The van der Waals surface area contributed by atoms with E-state index in [1.54, 1.807) is 60.6 Å². The van der Waals surface area contributed by atoms with Gasteiger partial charge in [0.05, 0.1) is 30.3 Å². The van der Waals surface area contributed by atoms with Gasteiger partial charge >= 0.3 is 0 Å². The summed E-state index contributed by atoms with van der Waals surface area (Å²) in [7, 11) is 6.73. The molecule has 12 heteroatoms. The van der Waals surface area contributed by atoms with E-state index in [0.29, 0.717) is 61.7 Å². The molecule has 3 heterocycles. The summed E-state index contributed by atoms with van der Waals surface area (Å²) in [5, 5.41) is 6.68. The largest absolute Gasteiger partial charge is 0.497 e. The standard InChI is InChI=1S/C32H46N6O6/c1-20(33-2)29(39)34-27(21-9-7-6-8-10-21)31(41)36-13-15-37(16-14-36)32(42)28-26(30(40)38-18-23(19-38)44-5)24-12-11-22(43-4)17-25(24)35(28)3/h11-12,17,20-21,23,27,33H,6-10,13-16,18-19H2,1-5H3,(H,34,39)/t20-,27?/m0/s1. The van der Waals surface area contributed by atoms with Crippen molar-refractivity contribution in [3.8, 4) is 5.75 Å². The number of aryl methyl sites for hydroxylation is 1. The Labute approximate surface area is 259 Å². The number of ether oxygens (including phenoxy) is 2. The summed E-state index contributed by atoms with van der Waals surface area (Å²) in [6, 6.07) is 4.48. The molecule has 5 rings (SSSR count). The molecule has 2 saturated heterocycles. The van der Waals surface area contributed by atoms with Gasteiger partial charge in [-0.3, -0.25) is 19.2 Å². The Bertz CT molecular complexity index is 1390. The number of aromatic nitrogens is 1. The molecule has 240 valence electrons. The van der Waals surface area contributed by atoms with Crippen LogP contribution in [0.3, 0.4) is 0 Å². The van der Waals surface area contributed by atoms with E-state index in [0.717, 1.165) is 37.6 Å². The monoisotopic (exact) mass is 610 g/mol. The van der Waals surface area contributed by atoms with Gasteiger partial charge in [-0.2, -0.15) is 0 Å². The van der Waals surface area contributed by atoms with Crippen molar-refractivity contribution >= 4 is 34.5 Å². The average molecular weight is 611 g/mol. The molecule has 2 atom stereocenters. The molecule has 44 heavy (non-hydrogen) atoms. The molecule has 2 aromatic rings.